The Morgan fingerprint density at radius 1 is 1.08 bits per heavy atom. The maximum absolute atomic E-state index is 12.4. The van der Waals surface area contributed by atoms with Crippen molar-refractivity contribution in [2.45, 2.75) is 32.2 Å². The number of nitrogens with zero attached hydrogens (tertiary/aromatic N) is 1. The van der Waals surface area contributed by atoms with Gasteiger partial charge in [0.2, 0.25) is 5.91 Å². The minimum Gasteiger partial charge on any atom is -0.408 e. The van der Waals surface area contributed by atoms with E-state index in [2.05, 4.69) is 17.4 Å². The van der Waals surface area contributed by atoms with Gasteiger partial charge in [0.15, 0.2) is 5.58 Å². The van der Waals surface area contributed by atoms with E-state index in [0.717, 1.165) is 19.3 Å². The number of oxazole rings is 1. The van der Waals surface area contributed by atoms with Gasteiger partial charge in [-0.1, -0.05) is 42.5 Å². The van der Waals surface area contributed by atoms with Gasteiger partial charge in [0.25, 0.3) is 0 Å². The van der Waals surface area contributed by atoms with Crippen LogP contribution in [0.5, 0.6) is 0 Å². The van der Waals surface area contributed by atoms with E-state index in [0.29, 0.717) is 17.6 Å². The number of fused-ring (bicyclic) bond motifs is 1. The van der Waals surface area contributed by atoms with Gasteiger partial charge < -0.3 is 9.73 Å². The van der Waals surface area contributed by atoms with Gasteiger partial charge >= 0.3 is 5.76 Å². The predicted molar refractivity (Wildman–Crippen MR) is 97.6 cm³/mol. The first-order valence-electron chi connectivity index (χ1n) is 8.58. The number of nitrogens with one attached hydrogen (secondary N) is 1. The fraction of sp³-hybridized carbons (Fsp3) is 0.300. The second kappa shape index (κ2) is 7.83. The Hall–Kier alpha value is -2.82. The molecule has 0 aliphatic heterocycles. The average Bonchev–Trinajstić information content (AvgIpc) is 2.97. The fourth-order valence-corrected chi connectivity index (χ4v) is 2.93. The summed E-state index contributed by atoms with van der Waals surface area (Å²) in [6, 6.07) is 16.8. The third kappa shape index (κ3) is 3.99. The number of aryl methyl sites for hydroxylation is 1. The molecular weight excluding hydrogens is 316 g/mol. The summed E-state index contributed by atoms with van der Waals surface area (Å²) in [5, 5.41) is 2.91. The maximum atomic E-state index is 12.4. The molecule has 0 radical (unpaired) electrons. The zero-order valence-corrected chi connectivity index (χ0v) is 14.3. The van der Waals surface area contributed by atoms with Gasteiger partial charge in [-0.15, -0.1) is 0 Å². The van der Waals surface area contributed by atoms with E-state index in [9.17, 15) is 9.59 Å². The molecule has 0 saturated carbocycles. The molecule has 1 amide bonds. The van der Waals surface area contributed by atoms with Crippen LogP contribution in [-0.4, -0.2) is 17.0 Å². The highest BCUT2D eigenvalue weighted by molar-refractivity contribution is 5.82. The third-order valence-corrected chi connectivity index (χ3v) is 4.32. The molecule has 3 rings (SSSR count). The summed E-state index contributed by atoms with van der Waals surface area (Å²) < 4.78 is 6.59. The second-order valence-electron chi connectivity index (χ2n) is 6.12. The molecule has 130 valence electrons. The first-order chi connectivity index (χ1) is 12.2. The molecule has 5 nitrogen and oxygen atoms in total. The predicted octanol–water partition coefficient (Wildman–Crippen LogP) is 3.29. The Bertz CT molecular complexity index is 896. The van der Waals surface area contributed by atoms with Crippen LogP contribution in [-0.2, 0) is 11.2 Å². The lowest BCUT2D eigenvalue weighted by Gasteiger charge is -2.13. The van der Waals surface area contributed by atoms with Crippen molar-refractivity contribution in [3.63, 3.8) is 0 Å². The van der Waals surface area contributed by atoms with Gasteiger partial charge in [-0.05, 0) is 43.9 Å². The molecular formula is C20H22N2O3. The van der Waals surface area contributed by atoms with Crippen LogP contribution in [0.1, 0.15) is 31.4 Å². The van der Waals surface area contributed by atoms with Crippen molar-refractivity contribution in [2.24, 2.45) is 0 Å². The molecule has 0 saturated heterocycles. The molecule has 0 fully saturated rings. The van der Waals surface area contributed by atoms with Crippen molar-refractivity contribution in [3.05, 3.63) is 70.7 Å². The zero-order valence-electron chi connectivity index (χ0n) is 14.3. The summed E-state index contributed by atoms with van der Waals surface area (Å²) in [6.07, 6.45) is 2.90. The summed E-state index contributed by atoms with van der Waals surface area (Å²) in [5.74, 6) is -0.679. The number of carbonyl (C=O) groups is 1. The highest BCUT2D eigenvalue weighted by atomic mass is 16.4. The summed E-state index contributed by atoms with van der Waals surface area (Å²) in [7, 11) is 0. The minimum absolute atomic E-state index is 0.173. The van der Waals surface area contributed by atoms with Crippen molar-refractivity contribution in [3.8, 4) is 0 Å². The number of benzene rings is 2. The normalized spacial score (nSPS) is 12.2. The minimum atomic E-state index is -0.606. The lowest BCUT2D eigenvalue weighted by atomic mass is 10.1. The average molecular weight is 338 g/mol. The van der Waals surface area contributed by atoms with Crippen molar-refractivity contribution in [1.29, 1.82) is 0 Å². The summed E-state index contributed by atoms with van der Waals surface area (Å²) in [5.41, 5.74) is 2.44. The molecule has 5 heteroatoms. The first-order valence-corrected chi connectivity index (χ1v) is 8.58. The Morgan fingerprint density at radius 2 is 1.80 bits per heavy atom. The number of hydrogen-bond acceptors (Lipinski definition) is 3. The smallest absolute Gasteiger partial charge is 0.408 e. The van der Waals surface area contributed by atoms with Crippen LogP contribution in [0, 0.1) is 0 Å². The molecule has 1 unspecified atom stereocenters. The van der Waals surface area contributed by atoms with Gasteiger partial charge in [-0.3, -0.25) is 9.36 Å². The number of para-hydroxylation sites is 2. The van der Waals surface area contributed by atoms with E-state index >= 15 is 0 Å². The van der Waals surface area contributed by atoms with E-state index in [-0.39, 0.29) is 5.91 Å². The molecule has 0 aliphatic rings. The third-order valence-electron chi connectivity index (χ3n) is 4.32. The van der Waals surface area contributed by atoms with Crippen LogP contribution in [0.3, 0.4) is 0 Å². The number of hydrogen-bond donors (Lipinski definition) is 1. The number of amides is 1. The fourth-order valence-electron chi connectivity index (χ4n) is 2.93. The highest BCUT2D eigenvalue weighted by Gasteiger charge is 2.20. The van der Waals surface area contributed by atoms with E-state index in [4.69, 9.17) is 4.42 Å². The largest absolute Gasteiger partial charge is 0.420 e. The topological polar surface area (TPSA) is 64.2 Å². The van der Waals surface area contributed by atoms with Crippen LogP contribution in [0.2, 0.25) is 0 Å². The van der Waals surface area contributed by atoms with Crippen LogP contribution >= 0.6 is 0 Å². The molecule has 2 aromatic carbocycles. The van der Waals surface area contributed by atoms with Gasteiger partial charge in [-0.2, -0.15) is 0 Å². The summed E-state index contributed by atoms with van der Waals surface area (Å²) in [6.45, 7) is 2.31. The molecule has 1 aromatic heterocycles. The van der Waals surface area contributed by atoms with E-state index in [1.807, 2.05) is 24.3 Å². The summed E-state index contributed by atoms with van der Waals surface area (Å²) in [4.78, 5) is 24.4. The number of carbonyl (C=O) groups excluding carboxylic acids is 1. The maximum Gasteiger partial charge on any atom is 0.420 e. The molecule has 0 bridgehead atoms. The molecule has 0 aliphatic carbocycles. The van der Waals surface area contributed by atoms with Crippen molar-refractivity contribution in [2.75, 3.05) is 6.54 Å². The Labute approximate surface area is 146 Å². The molecule has 1 heterocycles. The SMILES string of the molecule is CC(C(=O)NCCCCc1ccccc1)n1c(=O)oc2ccccc21. The Kier molecular flexibility index (Phi) is 5.33. The van der Waals surface area contributed by atoms with Crippen molar-refractivity contribution in [1.82, 2.24) is 9.88 Å². The molecule has 1 atom stereocenters. The van der Waals surface area contributed by atoms with Crippen molar-refractivity contribution < 1.29 is 9.21 Å². The molecule has 1 N–H and O–H groups in total. The monoisotopic (exact) mass is 338 g/mol. The van der Waals surface area contributed by atoms with E-state index in [1.165, 1.54) is 10.1 Å². The van der Waals surface area contributed by atoms with Gasteiger partial charge in [0.05, 0.1) is 5.52 Å². The van der Waals surface area contributed by atoms with Gasteiger partial charge in [0.1, 0.15) is 6.04 Å². The molecule has 25 heavy (non-hydrogen) atoms. The molecule has 3 aromatic rings. The van der Waals surface area contributed by atoms with Gasteiger partial charge in [0, 0.05) is 6.54 Å². The Balaban J connectivity index is 1.52. The lowest BCUT2D eigenvalue weighted by Crippen LogP contribution is -2.34. The highest BCUT2D eigenvalue weighted by Crippen LogP contribution is 2.16. The number of rotatable bonds is 7. The molecule has 0 spiro atoms. The second-order valence-corrected chi connectivity index (χ2v) is 6.12. The van der Waals surface area contributed by atoms with Crippen LogP contribution in [0.25, 0.3) is 11.1 Å². The quantitative estimate of drug-likeness (QED) is 0.672. The summed E-state index contributed by atoms with van der Waals surface area (Å²) >= 11 is 0. The number of unbranched alkanes of at least 4 members (excludes halogenated alkanes) is 1. The van der Waals surface area contributed by atoms with Crippen molar-refractivity contribution >= 4 is 17.0 Å². The van der Waals surface area contributed by atoms with E-state index in [1.54, 1.807) is 25.1 Å². The standard InChI is InChI=1S/C20H22N2O3/c1-15(22-17-12-5-6-13-18(17)25-20(22)24)19(23)21-14-8-7-11-16-9-3-2-4-10-16/h2-6,9-10,12-13,15H,7-8,11,14H2,1H3,(H,21,23). The first kappa shape index (κ1) is 17.0. The number of aromatic nitrogens is 1. The Morgan fingerprint density at radius 3 is 2.60 bits per heavy atom. The van der Waals surface area contributed by atoms with Gasteiger partial charge in [-0.25, -0.2) is 4.79 Å². The van der Waals surface area contributed by atoms with Crippen LogP contribution in [0.4, 0.5) is 0 Å². The lowest BCUT2D eigenvalue weighted by molar-refractivity contribution is -0.123. The van der Waals surface area contributed by atoms with E-state index < -0.39 is 11.8 Å². The van der Waals surface area contributed by atoms with Crippen LogP contribution < -0.4 is 11.1 Å². The zero-order chi connectivity index (χ0) is 17.6. The van der Waals surface area contributed by atoms with Crippen LogP contribution in [0.15, 0.2) is 63.8 Å².